The van der Waals surface area contributed by atoms with Gasteiger partial charge in [0.2, 0.25) is 17.7 Å². The number of phenols is 1. The standard InChI is InChI=1S/C20H28N4O7/c1-11(25)17(21)19(29)23-14(9-12-4-6-13(26)7-5-12)18(28)22-10-16(27)24-8-2-3-15(24)20(30)31/h4-7,11,14-15,17,25-26H,2-3,8-10,21H2,1H3,(H,22,28)(H,23,29)(H,30,31). The van der Waals surface area contributed by atoms with Gasteiger partial charge in [-0.05, 0) is 37.5 Å². The van der Waals surface area contributed by atoms with E-state index in [2.05, 4.69) is 10.6 Å². The third-order valence-corrected chi connectivity index (χ3v) is 5.10. The van der Waals surface area contributed by atoms with E-state index in [0.717, 1.165) is 0 Å². The Morgan fingerprint density at radius 2 is 1.84 bits per heavy atom. The summed E-state index contributed by atoms with van der Waals surface area (Å²) in [5, 5.41) is 33.0. The van der Waals surface area contributed by atoms with Crippen LogP contribution in [0.4, 0.5) is 0 Å². The molecule has 1 aliphatic heterocycles. The van der Waals surface area contributed by atoms with E-state index >= 15 is 0 Å². The maximum atomic E-state index is 12.7. The summed E-state index contributed by atoms with van der Waals surface area (Å²) in [4.78, 5) is 49.8. The molecule has 1 heterocycles. The van der Waals surface area contributed by atoms with Crippen LogP contribution >= 0.6 is 0 Å². The average Bonchev–Trinajstić information content (AvgIpc) is 3.22. The van der Waals surface area contributed by atoms with Crippen molar-refractivity contribution in [2.24, 2.45) is 5.73 Å². The van der Waals surface area contributed by atoms with Crippen molar-refractivity contribution in [2.75, 3.05) is 13.1 Å². The molecular weight excluding hydrogens is 408 g/mol. The number of amides is 3. The fraction of sp³-hybridized carbons (Fsp3) is 0.500. The Morgan fingerprint density at radius 1 is 1.19 bits per heavy atom. The number of carbonyl (C=O) groups excluding carboxylic acids is 3. The number of phenolic OH excluding ortho intramolecular Hbond substituents is 1. The van der Waals surface area contributed by atoms with Crippen LogP contribution in [-0.2, 0) is 25.6 Å². The van der Waals surface area contributed by atoms with Crippen molar-refractivity contribution >= 4 is 23.7 Å². The van der Waals surface area contributed by atoms with Crippen LogP contribution in [0.3, 0.4) is 0 Å². The molecule has 1 aromatic carbocycles. The van der Waals surface area contributed by atoms with Crippen LogP contribution < -0.4 is 16.4 Å². The Balaban J connectivity index is 2.06. The van der Waals surface area contributed by atoms with Gasteiger partial charge in [-0.15, -0.1) is 0 Å². The summed E-state index contributed by atoms with van der Waals surface area (Å²) in [7, 11) is 0. The van der Waals surface area contributed by atoms with E-state index in [9.17, 15) is 34.5 Å². The topological polar surface area (TPSA) is 182 Å². The second-order valence-corrected chi connectivity index (χ2v) is 7.50. The third-order valence-electron chi connectivity index (χ3n) is 5.10. The van der Waals surface area contributed by atoms with Crippen LogP contribution in [-0.4, -0.2) is 81.2 Å². The fourth-order valence-electron chi connectivity index (χ4n) is 3.27. The first-order chi connectivity index (χ1) is 14.6. The molecule has 0 spiro atoms. The molecule has 0 bridgehead atoms. The molecule has 2 rings (SSSR count). The van der Waals surface area contributed by atoms with E-state index in [1.807, 2.05) is 0 Å². The van der Waals surface area contributed by atoms with Crippen LogP contribution in [0.2, 0.25) is 0 Å². The molecule has 31 heavy (non-hydrogen) atoms. The minimum Gasteiger partial charge on any atom is -0.508 e. The lowest BCUT2D eigenvalue weighted by atomic mass is 10.0. The molecule has 1 fully saturated rings. The predicted octanol–water partition coefficient (Wildman–Crippen LogP) is -1.68. The number of aliphatic hydroxyl groups excluding tert-OH is 1. The number of aliphatic hydroxyl groups is 1. The lowest BCUT2D eigenvalue weighted by Crippen LogP contribution is -2.56. The van der Waals surface area contributed by atoms with Crippen molar-refractivity contribution in [3.8, 4) is 5.75 Å². The van der Waals surface area contributed by atoms with Crippen LogP contribution in [0.25, 0.3) is 0 Å². The van der Waals surface area contributed by atoms with Gasteiger partial charge in [0.05, 0.1) is 12.6 Å². The Morgan fingerprint density at radius 3 is 2.42 bits per heavy atom. The molecule has 1 saturated heterocycles. The fourth-order valence-corrected chi connectivity index (χ4v) is 3.27. The van der Waals surface area contributed by atoms with Crippen molar-refractivity contribution in [3.63, 3.8) is 0 Å². The van der Waals surface area contributed by atoms with E-state index < -0.39 is 54.5 Å². The summed E-state index contributed by atoms with van der Waals surface area (Å²) >= 11 is 0. The molecule has 0 aliphatic carbocycles. The van der Waals surface area contributed by atoms with E-state index in [1.54, 1.807) is 12.1 Å². The number of nitrogens with zero attached hydrogens (tertiary/aromatic N) is 1. The van der Waals surface area contributed by atoms with Gasteiger partial charge in [0.15, 0.2) is 0 Å². The minimum absolute atomic E-state index is 0.0362. The summed E-state index contributed by atoms with van der Waals surface area (Å²) in [6.07, 6.45) is -0.179. The Kier molecular flexibility index (Phi) is 8.34. The van der Waals surface area contributed by atoms with Gasteiger partial charge in [-0.25, -0.2) is 4.79 Å². The van der Waals surface area contributed by atoms with Gasteiger partial charge in [0, 0.05) is 13.0 Å². The zero-order valence-corrected chi connectivity index (χ0v) is 17.2. The number of benzene rings is 1. The second kappa shape index (κ2) is 10.7. The summed E-state index contributed by atoms with van der Waals surface area (Å²) in [6, 6.07) is 2.72. The summed E-state index contributed by atoms with van der Waals surface area (Å²) in [6.45, 7) is 1.21. The van der Waals surface area contributed by atoms with Crippen LogP contribution in [0.15, 0.2) is 24.3 Å². The van der Waals surface area contributed by atoms with Crippen LogP contribution in [0, 0.1) is 0 Å². The first-order valence-electron chi connectivity index (χ1n) is 9.92. The highest BCUT2D eigenvalue weighted by molar-refractivity contribution is 5.93. The van der Waals surface area contributed by atoms with Crippen molar-refractivity contribution in [1.82, 2.24) is 15.5 Å². The van der Waals surface area contributed by atoms with E-state index in [1.165, 1.54) is 24.0 Å². The van der Waals surface area contributed by atoms with Gasteiger partial charge in [0.1, 0.15) is 23.9 Å². The third kappa shape index (κ3) is 6.66. The SMILES string of the molecule is CC(O)C(N)C(=O)NC(Cc1ccc(O)cc1)C(=O)NCC(=O)N1CCCC1C(=O)O. The van der Waals surface area contributed by atoms with Gasteiger partial charge >= 0.3 is 5.97 Å². The van der Waals surface area contributed by atoms with Crippen molar-refractivity contribution in [3.05, 3.63) is 29.8 Å². The average molecular weight is 436 g/mol. The zero-order chi connectivity index (χ0) is 23.1. The largest absolute Gasteiger partial charge is 0.508 e. The maximum absolute atomic E-state index is 12.7. The predicted molar refractivity (Wildman–Crippen MR) is 109 cm³/mol. The van der Waals surface area contributed by atoms with Crippen LogP contribution in [0.5, 0.6) is 5.75 Å². The first kappa shape index (κ1) is 24.1. The van der Waals surface area contributed by atoms with Gasteiger partial charge in [-0.2, -0.15) is 0 Å². The lowest BCUT2D eigenvalue weighted by Gasteiger charge is -2.24. The molecule has 11 nitrogen and oxygen atoms in total. The van der Waals surface area contributed by atoms with Crippen molar-refractivity contribution in [2.45, 2.75) is 50.4 Å². The van der Waals surface area contributed by atoms with Gasteiger partial charge < -0.3 is 36.6 Å². The molecule has 1 aliphatic rings. The van der Waals surface area contributed by atoms with Crippen LogP contribution in [0.1, 0.15) is 25.3 Å². The van der Waals surface area contributed by atoms with Crippen molar-refractivity contribution in [1.29, 1.82) is 0 Å². The number of aromatic hydroxyl groups is 1. The number of nitrogens with one attached hydrogen (secondary N) is 2. The molecule has 170 valence electrons. The number of nitrogens with two attached hydrogens (primary N) is 1. The molecule has 4 unspecified atom stereocenters. The normalized spacial score (nSPS) is 18.7. The molecule has 0 saturated carbocycles. The smallest absolute Gasteiger partial charge is 0.326 e. The number of carboxylic acid groups (broad SMARTS) is 1. The number of carbonyl (C=O) groups is 4. The number of hydrogen-bond acceptors (Lipinski definition) is 7. The monoisotopic (exact) mass is 436 g/mol. The molecule has 1 aromatic rings. The molecular formula is C20H28N4O7. The highest BCUT2D eigenvalue weighted by Gasteiger charge is 2.34. The van der Waals surface area contributed by atoms with Gasteiger partial charge in [-0.1, -0.05) is 12.1 Å². The highest BCUT2D eigenvalue weighted by atomic mass is 16.4. The molecule has 0 radical (unpaired) electrons. The maximum Gasteiger partial charge on any atom is 0.326 e. The summed E-state index contributed by atoms with van der Waals surface area (Å²) in [5.41, 5.74) is 6.25. The Bertz CT molecular complexity index is 812. The first-order valence-corrected chi connectivity index (χ1v) is 9.92. The van der Waals surface area contributed by atoms with Crippen molar-refractivity contribution < 1.29 is 34.5 Å². The molecule has 4 atom stereocenters. The summed E-state index contributed by atoms with van der Waals surface area (Å²) < 4.78 is 0. The van der Waals surface area contributed by atoms with Gasteiger partial charge in [0.25, 0.3) is 0 Å². The van der Waals surface area contributed by atoms with E-state index in [4.69, 9.17) is 5.73 Å². The number of hydrogen-bond donors (Lipinski definition) is 6. The summed E-state index contributed by atoms with van der Waals surface area (Å²) in [5.74, 6) is -3.01. The molecule has 0 aromatic heterocycles. The Labute approximate surface area is 179 Å². The second-order valence-electron chi connectivity index (χ2n) is 7.50. The molecule has 3 amide bonds. The molecule has 7 N–H and O–H groups in total. The molecule has 11 heteroatoms. The number of likely N-dealkylation sites (tertiary alicyclic amines) is 1. The quantitative estimate of drug-likeness (QED) is 0.265. The van der Waals surface area contributed by atoms with E-state index in [-0.39, 0.29) is 12.2 Å². The Hall–Kier alpha value is -3.18. The number of carboxylic acids is 1. The number of rotatable bonds is 9. The zero-order valence-electron chi connectivity index (χ0n) is 17.2. The minimum atomic E-state index is -1.25. The van der Waals surface area contributed by atoms with Gasteiger partial charge in [-0.3, -0.25) is 14.4 Å². The lowest BCUT2D eigenvalue weighted by molar-refractivity contribution is -0.148. The number of aliphatic carboxylic acids is 1. The highest BCUT2D eigenvalue weighted by Crippen LogP contribution is 2.17. The van der Waals surface area contributed by atoms with E-state index in [0.29, 0.717) is 24.9 Å².